The van der Waals surface area contributed by atoms with E-state index in [1.807, 2.05) is 0 Å². The molecule has 206 valence electrons. The van der Waals surface area contributed by atoms with Crippen molar-refractivity contribution in [1.29, 1.82) is 0 Å². The van der Waals surface area contributed by atoms with Crippen LogP contribution >= 0.6 is 0 Å². The number of methoxy groups -OCH3 is 3. The van der Waals surface area contributed by atoms with Crippen molar-refractivity contribution in [2.45, 2.75) is 48.7 Å². The summed E-state index contributed by atoms with van der Waals surface area (Å²) in [7, 11) is 4.22. The molecule has 0 saturated carbocycles. The van der Waals surface area contributed by atoms with Crippen LogP contribution in [0, 0.1) is 0 Å². The molecule has 5 N–H and O–H groups in total. The molecule has 0 radical (unpaired) electrons. The smallest absolute Gasteiger partial charge is 0.243 e. The Morgan fingerprint density at radius 2 is 1.58 bits per heavy atom. The fourth-order valence-corrected chi connectivity index (χ4v) is 4.85. The second-order valence-electron chi connectivity index (χ2n) is 9.02. The fourth-order valence-electron chi connectivity index (χ4n) is 4.85. The van der Waals surface area contributed by atoms with Gasteiger partial charge in [0.25, 0.3) is 0 Å². The summed E-state index contributed by atoms with van der Waals surface area (Å²) in [4.78, 5) is 13.8. The van der Waals surface area contributed by atoms with E-state index >= 15 is 0 Å². The number of ether oxygens (including phenoxy) is 7. The maximum atomic E-state index is 13.8. The van der Waals surface area contributed by atoms with E-state index in [4.69, 9.17) is 33.2 Å². The minimum absolute atomic E-state index is 0.00935. The first-order chi connectivity index (χ1) is 18.2. The Hall–Kier alpha value is -3.17. The van der Waals surface area contributed by atoms with Crippen molar-refractivity contribution >= 4 is 5.78 Å². The van der Waals surface area contributed by atoms with E-state index in [9.17, 15) is 30.3 Å². The molecule has 0 amide bonds. The lowest BCUT2D eigenvalue weighted by Gasteiger charge is -2.48. The molecule has 13 heteroatoms. The molecule has 0 aromatic heterocycles. The van der Waals surface area contributed by atoms with Crippen molar-refractivity contribution in [1.82, 2.24) is 0 Å². The van der Waals surface area contributed by atoms with Crippen molar-refractivity contribution in [3.05, 3.63) is 41.5 Å². The van der Waals surface area contributed by atoms with Crippen LogP contribution in [0.4, 0.5) is 0 Å². The standard InChI is InChI=1S/C25H28O13/c1-32-10-4-5-11-13(6-10)35-22-24(38-23-20(29)19(28)18(27)17(9-26)37-23)36-14-8-16(34-3)15(33-2)7-12(14)25(22,31)21(11)30/h4-8,17-20,22-24,26-29,31H,9H2,1-3H3/t17-,18-,19+,20-,22-,23+,24+,25+/m1/s1. The third-order valence-electron chi connectivity index (χ3n) is 6.95. The number of benzene rings is 2. The Morgan fingerprint density at radius 1 is 0.868 bits per heavy atom. The normalized spacial score (nSPS) is 33.7. The van der Waals surface area contributed by atoms with Crippen LogP contribution in [0.15, 0.2) is 30.3 Å². The number of carbonyl (C=O) groups is 1. The largest absolute Gasteiger partial charge is 0.497 e. The van der Waals surface area contributed by atoms with E-state index in [1.165, 1.54) is 45.6 Å². The van der Waals surface area contributed by atoms with Crippen molar-refractivity contribution in [3.63, 3.8) is 0 Å². The van der Waals surface area contributed by atoms with Crippen molar-refractivity contribution < 1.29 is 63.5 Å². The molecular weight excluding hydrogens is 508 g/mol. The van der Waals surface area contributed by atoms with E-state index in [0.717, 1.165) is 0 Å². The average Bonchev–Trinajstić information content (AvgIpc) is 2.93. The van der Waals surface area contributed by atoms with Gasteiger partial charge in [0.05, 0.1) is 33.5 Å². The second-order valence-corrected chi connectivity index (χ2v) is 9.02. The van der Waals surface area contributed by atoms with Crippen LogP contribution in [0.2, 0.25) is 0 Å². The number of ketones is 1. The lowest BCUT2D eigenvalue weighted by molar-refractivity contribution is -0.344. The van der Waals surface area contributed by atoms with Gasteiger partial charge in [-0.15, -0.1) is 0 Å². The van der Waals surface area contributed by atoms with Gasteiger partial charge >= 0.3 is 0 Å². The van der Waals surface area contributed by atoms with Crippen LogP contribution in [0.1, 0.15) is 15.9 Å². The maximum Gasteiger partial charge on any atom is 0.243 e. The first-order valence-corrected chi connectivity index (χ1v) is 11.7. The number of hydrogen-bond donors (Lipinski definition) is 5. The third kappa shape index (κ3) is 3.94. The molecule has 3 heterocycles. The summed E-state index contributed by atoms with van der Waals surface area (Å²) in [5.41, 5.74) is -2.29. The molecular formula is C25H28O13. The molecule has 0 bridgehead atoms. The van der Waals surface area contributed by atoms with Crippen LogP contribution in [0.3, 0.4) is 0 Å². The molecule has 5 rings (SSSR count). The minimum atomic E-state index is -2.37. The quantitative estimate of drug-likeness (QED) is 0.306. The summed E-state index contributed by atoms with van der Waals surface area (Å²) < 4.78 is 39.2. The number of carbonyl (C=O) groups excluding carboxylic acids is 1. The van der Waals surface area contributed by atoms with Gasteiger partial charge in [0.1, 0.15) is 41.7 Å². The Balaban J connectivity index is 1.61. The van der Waals surface area contributed by atoms with Gasteiger partial charge in [-0.25, -0.2) is 0 Å². The molecule has 8 atom stereocenters. The number of Topliss-reactive ketones (excluding diaryl/α,β-unsaturated/α-hetero) is 1. The third-order valence-corrected chi connectivity index (χ3v) is 6.95. The lowest BCUT2D eigenvalue weighted by Crippen LogP contribution is -2.65. The zero-order chi connectivity index (χ0) is 27.4. The van der Waals surface area contributed by atoms with Crippen molar-refractivity contribution in [3.8, 4) is 28.7 Å². The van der Waals surface area contributed by atoms with E-state index in [1.54, 1.807) is 6.07 Å². The van der Waals surface area contributed by atoms with E-state index in [0.29, 0.717) is 5.75 Å². The molecule has 0 spiro atoms. The molecule has 3 aliphatic heterocycles. The first-order valence-electron chi connectivity index (χ1n) is 11.7. The maximum absolute atomic E-state index is 13.8. The zero-order valence-corrected chi connectivity index (χ0v) is 20.6. The Kier molecular flexibility index (Phi) is 6.86. The number of hydrogen-bond acceptors (Lipinski definition) is 13. The number of fused-ring (bicyclic) bond motifs is 4. The van der Waals surface area contributed by atoms with Crippen LogP contribution in [-0.2, 0) is 15.1 Å². The summed E-state index contributed by atoms with van der Waals surface area (Å²) >= 11 is 0. The van der Waals surface area contributed by atoms with Gasteiger partial charge in [0, 0.05) is 17.7 Å². The van der Waals surface area contributed by atoms with E-state index in [-0.39, 0.29) is 34.1 Å². The minimum Gasteiger partial charge on any atom is -0.497 e. The van der Waals surface area contributed by atoms with Gasteiger partial charge in [-0.2, -0.15) is 0 Å². The predicted molar refractivity (Wildman–Crippen MR) is 124 cm³/mol. The van der Waals surface area contributed by atoms with Crippen LogP contribution in [0.25, 0.3) is 0 Å². The highest BCUT2D eigenvalue weighted by Gasteiger charge is 2.61. The van der Waals surface area contributed by atoms with Gasteiger partial charge in [-0.1, -0.05) is 0 Å². The predicted octanol–water partition coefficient (Wildman–Crippen LogP) is -0.921. The molecule has 0 aliphatic carbocycles. The molecule has 13 nitrogen and oxygen atoms in total. The number of rotatable bonds is 6. The molecule has 1 saturated heterocycles. The monoisotopic (exact) mass is 536 g/mol. The molecule has 38 heavy (non-hydrogen) atoms. The molecule has 0 unspecified atom stereocenters. The summed E-state index contributed by atoms with van der Waals surface area (Å²) in [5.74, 6) is 0.171. The van der Waals surface area contributed by atoms with Gasteiger partial charge in [0.2, 0.25) is 18.2 Å². The zero-order valence-electron chi connectivity index (χ0n) is 20.6. The van der Waals surface area contributed by atoms with Crippen molar-refractivity contribution in [2.24, 2.45) is 0 Å². The van der Waals surface area contributed by atoms with Gasteiger partial charge in [0.15, 0.2) is 23.4 Å². The molecule has 3 aliphatic rings. The van der Waals surface area contributed by atoms with E-state index in [2.05, 4.69) is 0 Å². The summed E-state index contributed by atoms with van der Waals surface area (Å²) in [6, 6.07) is 7.24. The van der Waals surface area contributed by atoms with Crippen molar-refractivity contribution in [2.75, 3.05) is 27.9 Å². The number of aliphatic hydroxyl groups is 5. The summed E-state index contributed by atoms with van der Waals surface area (Å²) in [5, 5.41) is 52.4. The average molecular weight is 536 g/mol. The number of aliphatic hydroxyl groups excluding tert-OH is 4. The summed E-state index contributed by atoms with van der Waals surface area (Å²) in [6.07, 6.45) is -11.2. The SMILES string of the molecule is COc1ccc2c(c1)O[C@@H]1[C@H](O[C@@H]3O[C@H](CO)[C@@H](O)[C@H](O)[C@H]3O)Oc3cc(OC)c(OC)cc3[C@]1(O)C2=O. The first kappa shape index (κ1) is 26.4. The van der Waals surface area contributed by atoms with Crippen LogP contribution < -0.4 is 23.7 Å². The van der Waals surface area contributed by atoms with Crippen LogP contribution in [-0.4, -0.2) is 102 Å². The molecule has 1 fully saturated rings. The topological polar surface area (TPSA) is 183 Å². The van der Waals surface area contributed by atoms with E-state index < -0.39 is 61.1 Å². The highest BCUT2D eigenvalue weighted by atomic mass is 16.8. The molecule has 2 aromatic rings. The second kappa shape index (κ2) is 9.85. The highest BCUT2D eigenvalue weighted by molar-refractivity contribution is 6.07. The highest BCUT2D eigenvalue weighted by Crippen LogP contribution is 2.51. The Morgan fingerprint density at radius 3 is 2.24 bits per heavy atom. The van der Waals surface area contributed by atoms with Gasteiger partial charge in [-0.05, 0) is 18.2 Å². The van der Waals surface area contributed by atoms with Gasteiger partial charge < -0.3 is 58.7 Å². The Bertz CT molecular complexity index is 1220. The fraction of sp³-hybridized carbons (Fsp3) is 0.480. The van der Waals surface area contributed by atoms with Gasteiger partial charge in [-0.3, -0.25) is 4.79 Å². The molecule has 2 aromatic carbocycles. The Labute approximate surface area is 216 Å². The summed E-state index contributed by atoms with van der Waals surface area (Å²) in [6.45, 7) is -0.689. The lowest BCUT2D eigenvalue weighted by atomic mass is 9.77. The van der Waals surface area contributed by atoms with Crippen LogP contribution in [0.5, 0.6) is 28.7 Å².